The fraction of sp³-hybridized carbons (Fsp3) is 0.812. The van der Waals surface area contributed by atoms with Crippen LogP contribution in [0.1, 0.15) is 64.7 Å². The summed E-state index contributed by atoms with van der Waals surface area (Å²) in [5.41, 5.74) is 22.5. The Hall–Kier alpha value is -1.98. The summed E-state index contributed by atoms with van der Waals surface area (Å²) in [7, 11) is 6.14. The highest BCUT2D eigenvalue weighted by Gasteiger charge is 2.22. The number of nitrogens with two attached hydrogens (primary N) is 4. The second-order valence-electron chi connectivity index (χ2n) is 11.9. The van der Waals surface area contributed by atoms with Crippen LogP contribution in [0.3, 0.4) is 0 Å². The Kier molecular flexibility index (Phi) is 33.2. The third-order valence-corrected chi connectivity index (χ3v) is 12.2. The first-order valence-electron chi connectivity index (χ1n) is 18.0. The number of hydrogen-bond acceptors (Lipinski definition) is 16. The summed E-state index contributed by atoms with van der Waals surface area (Å²) < 4.78 is 5.13. The molecule has 5 amide bonds. The normalized spacial score (nSPS) is 13.2. The molecule has 4 atom stereocenters. The minimum Gasteiger partial charge on any atom is -0.465 e. The Morgan fingerprint density at radius 2 is 1.11 bits per heavy atom. The van der Waals surface area contributed by atoms with Crippen molar-refractivity contribution in [3.63, 3.8) is 0 Å². The molecule has 0 spiro atoms. The highest BCUT2D eigenvalue weighted by Crippen LogP contribution is 2.20. The molecule has 3 unspecified atom stereocenters. The number of amides is 5. The van der Waals surface area contributed by atoms with Crippen LogP contribution in [0, 0.1) is 5.92 Å². The first-order valence-corrected chi connectivity index (χ1v) is 23.0. The lowest BCUT2D eigenvalue weighted by atomic mass is 10.1. The molecule has 0 rings (SSSR count). The maximum atomic E-state index is 13.0. The van der Waals surface area contributed by atoms with Gasteiger partial charge in [0.1, 0.15) is 6.04 Å². The summed E-state index contributed by atoms with van der Waals surface area (Å²) in [4.78, 5) is 74.2. The van der Waals surface area contributed by atoms with Gasteiger partial charge in [0, 0.05) is 74.6 Å². The Balaban J connectivity index is 4.64. The van der Waals surface area contributed by atoms with E-state index in [1.165, 1.54) is 21.6 Å². The molecule has 0 aliphatic rings. The molecule has 21 heteroatoms. The predicted molar refractivity (Wildman–Crippen MR) is 217 cm³/mol. The fourth-order valence-electron chi connectivity index (χ4n) is 4.14. The smallest absolute Gasteiger partial charge is 0.306 e. The summed E-state index contributed by atoms with van der Waals surface area (Å²) in [5, 5.41) is 23.1. The molecule has 53 heavy (non-hydrogen) atoms. The minimum absolute atomic E-state index is 0.0135. The van der Waals surface area contributed by atoms with Crippen molar-refractivity contribution in [2.75, 3.05) is 75.5 Å². The first-order chi connectivity index (χ1) is 25.5. The van der Waals surface area contributed by atoms with E-state index in [0.717, 1.165) is 0 Å². The highest BCUT2D eigenvalue weighted by atomic mass is 33.1. The van der Waals surface area contributed by atoms with Crippen LogP contribution in [-0.4, -0.2) is 134 Å². The average Bonchev–Trinajstić information content (AvgIpc) is 3.15. The van der Waals surface area contributed by atoms with Gasteiger partial charge in [-0.3, -0.25) is 28.8 Å². The van der Waals surface area contributed by atoms with Crippen molar-refractivity contribution >= 4 is 78.7 Å². The average molecular weight is 830 g/mol. The lowest BCUT2D eigenvalue weighted by Gasteiger charge is -2.18. The number of aliphatic hydroxyl groups excluding tert-OH is 1. The van der Waals surface area contributed by atoms with Gasteiger partial charge in [-0.05, 0) is 51.6 Å². The zero-order valence-corrected chi connectivity index (χ0v) is 34.2. The molecule has 0 heterocycles. The van der Waals surface area contributed by atoms with Gasteiger partial charge in [0.15, 0.2) is 0 Å². The third kappa shape index (κ3) is 29.0. The Morgan fingerprint density at radius 3 is 1.57 bits per heavy atom. The molecule has 308 valence electrons. The number of carbonyl (C=O) groups is 6. The van der Waals surface area contributed by atoms with Crippen molar-refractivity contribution in [2.45, 2.75) is 82.8 Å². The van der Waals surface area contributed by atoms with E-state index in [9.17, 15) is 33.9 Å². The van der Waals surface area contributed by atoms with Gasteiger partial charge in [-0.25, -0.2) is 0 Å². The minimum atomic E-state index is -0.997. The van der Waals surface area contributed by atoms with Gasteiger partial charge in [-0.1, -0.05) is 50.1 Å². The number of carbonyl (C=O) groups excluding carboxylic acids is 6. The number of ether oxygens (including phenoxy) is 1. The molecule has 0 saturated heterocycles. The molecule has 0 aliphatic heterocycles. The van der Waals surface area contributed by atoms with Crippen molar-refractivity contribution in [3.8, 4) is 0 Å². The van der Waals surface area contributed by atoms with Crippen LogP contribution in [0.25, 0.3) is 0 Å². The molecule has 0 radical (unpaired) electrons. The number of aliphatic hydroxyl groups is 1. The van der Waals surface area contributed by atoms with Crippen molar-refractivity contribution in [1.29, 1.82) is 0 Å². The highest BCUT2D eigenvalue weighted by molar-refractivity contribution is 8.77. The summed E-state index contributed by atoms with van der Waals surface area (Å²) in [6, 6.07) is -2.14. The van der Waals surface area contributed by atoms with Gasteiger partial charge in [0.05, 0.1) is 25.1 Å². The summed E-state index contributed by atoms with van der Waals surface area (Å²) in [6.45, 7) is 4.41. The van der Waals surface area contributed by atoms with Gasteiger partial charge < -0.3 is 59.4 Å². The largest absolute Gasteiger partial charge is 0.465 e. The van der Waals surface area contributed by atoms with Crippen LogP contribution in [0.5, 0.6) is 0 Å². The lowest BCUT2D eigenvalue weighted by Crippen LogP contribution is -2.47. The molecule has 17 nitrogen and oxygen atoms in total. The molecular weight excluding hydrogens is 767 g/mol. The third-order valence-electron chi connectivity index (χ3n) is 7.42. The topological polar surface area (TPSA) is 296 Å². The van der Waals surface area contributed by atoms with Crippen LogP contribution >= 0.6 is 43.2 Å². The van der Waals surface area contributed by atoms with E-state index in [1.54, 1.807) is 21.6 Å². The van der Waals surface area contributed by atoms with E-state index in [-0.39, 0.29) is 62.5 Å². The van der Waals surface area contributed by atoms with E-state index < -0.39 is 35.9 Å². The molecule has 0 fully saturated rings. The molecular formula is C32H63N9O8S4. The van der Waals surface area contributed by atoms with Crippen LogP contribution in [0.15, 0.2) is 0 Å². The van der Waals surface area contributed by atoms with E-state index in [2.05, 4.69) is 26.6 Å². The summed E-state index contributed by atoms with van der Waals surface area (Å²) in [6.07, 6.45) is 2.72. The van der Waals surface area contributed by atoms with Gasteiger partial charge >= 0.3 is 5.97 Å². The first kappa shape index (κ1) is 51.0. The zero-order valence-electron chi connectivity index (χ0n) is 30.9. The van der Waals surface area contributed by atoms with E-state index >= 15 is 0 Å². The van der Waals surface area contributed by atoms with Crippen molar-refractivity contribution < 1.29 is 38.6 Å². The summed E-state index contributed by atoms with van der Waals surface area (Å²) in [5.74, 6) is 0.0624. The second-order valence-corrected chi connectivity index (χ2v) is 17.3. The van der Waals surface area contributed by atoms with E-state index in [4.69, 9.17) is 27.7 Å². The SMILES string of the molecule is CC[C@H](CO)COC(=O)CCC(=O)NC(CCC(=O)NCCSSCCNC(=O)C(N)CCCN)C(=O)NCCSSCCNC(=O)C(N)CCCN. The number of rotatable bonds is 34. The second kappa shape index (κ2) is 34.5. The predicted octanol–water partition coefficient (Wildman–Crippen LogP) is -1.05. The van der Waals surface area contributed by atoms with Gasteiger partial charge in [-0.15, -0.1) is 0 Å². The standard InChI is InChI=1S/C32H63N9O8S4/c1-2-23(21-42)22-49-29(45)10-9-28(44)41-26(32(48)40-16-20-53-52-19-15-39-31(47)25(36)6-4-12-34)7-8-27(43)37-13-17-50-51-18-14-38-30(46)24(35)5-3-11-33/h23-26,42H,2-22,33-36H2,1H3,(H,37,43)(H,38,46)(H,39,47)(H,40,48)(H,41,44)/t23-,24?,25?,26?/m1/s1. The maximum absolute atomic E-state index is 13.0. The van der Waals surface area contributed by atoms with Crippen LogP contribution in [-0.2, 0) is 33.5 Å². The summed E-state index contributed by atoms with van der Waals surface area (Å²) >= 11 is 0. The van der Waals surface area contributed by atoms with Crippen molar-refractivity contribution in [1.82, 2.24) is 26.6 Å². The van der Waals surface area contributed by atoms with Gasteiger partial charge in [0.25, 0.3) is 0 Å². The van der Waals surface area contributed by atoms with Crippen LogP contribution < -0.4 is 49.5 Å². The monoisotopic (exact) mass is 829 g/mol. The molecule has 0 aromatic rings. The molecule has 0 aromatic heterocycles. The lowest BCUT2D eigenvalue weighted by molar-refractivity contribution is -0.146. The molecule has 0 aliphatic carbocycles. The molecule has 0 saturated carbocycles. The van der Waals surface area contributed by atoms with Crippen LogP contribution in [0.4, 0.5) is 0 Å². The van der Waals surface area contributed by atoms with Crippen molar-refractivity contribution in [2.24, 2.45) is 28.9 Å². The Labute approximate surface area is 329 Å². The number of hydrogen-bond donors (Lipinski definition) is 10. The number of esters is 1. The van der Waals surface area contributed by atoms with Crippen LogP contribution in [0.2, 0.25) is 0 Å². The molecule has 14 N–H and O–H groups in total. The number of nitrogens with one attached hydrogen (secondary N) is 5. The van der Waals surface area contributed by atoms with E-state index in [1.807, 2.05) is 6.92 Å². The maximum Gasteiger partial charge on any atom is 0.306 e. The fourth-order valence-corrected chi connectivity index (χ4v) is 7.76. The van der Waals surface area contributed by atoms with Gasteiger partial charge in [0.2, 0.25) is 29.5 Å². The molecule has 0 aromatic carbocycles. The Morgan fingerprint density at radius 1 is 0.642 bits per heavy atom. The molecule has 0 bridgehead atoms. The van der Waals surface area contributed by atoms with Gasteiger partial charge in [-0.2, -0.15) is 0 Å². The van der Waals surface area contributed by atoms with Crippen molar-refractivity contribution in [3.05, 3.63) is 0 Å². The van der Waals surface area contributed by atoms with E-state index in [0.29, 0.717) is 94.4 Å². The quantitative estimate of drug-likeness (QED) is 0.0210. The zero-order chi connectivity index (χ0) is 39.7. The Bertz CT molecular complexity index is 1050.